The Bertz CT molecular complexity index is 278. The SMILES string of the molecule is CC1CC(C)(C)OC(=O)/C=C\C(=O)O1. The fraction of sp³-hybridized carbons (Fsp3) is 0.600. The minimum absolute atomic E-state index is 0.256. The minimum Gasteiger partial charge on any atom is -0.459 e. The van der Waals surface area contributed by atoms with Crippen LogP contribution < -0.4 is 0 Å². The Morgan fingerprint density at radius 2 is 1.86 bits per heavy atom. The maximum Gasteiger partial charge on any atom is 0.331 e. The second-order valence-corrected chi connectivity index (χ2v) is 3.97. The summed E-state index contributed by atoms with van der Waals surface area (Å²) < 4.78 is 10.1. The smallest absolute Gasteiger partial charge is 0.331 e. The normalized spacial score (nSPS) is 29.2. The van der Waals surface area contributed by atoms with E-state index >= 15 is 0 Å². The standard InChI is InChI=1S/C10H14O4/c1-7-6-10(2,3)14-9(12)5-4-8(11)13-7/h4-5,7H,6H2,1-3H3/b5-4-. The predicted molar refractivity (Wildman–Crippen MR) is 49.5 cm³/mol. The van der Waals surface area contributed by atoms with Gasteiger partial charge in [-0.25, -0.2) is 9.59 Å². The summed E-state index contributed by atoms with van der Waals surface area (Å²) >= 11 is 0. The molecule has 14 heavy (non-hydrogen) atoms. The number of ether oxygens (including phenoxy) is 2. The fourth-order valence-electron chi connectivity index (χ4n) is 1.46. The molecule has 1 atom stereocenters. The Hall–Kier alpha value is -1.32. The van der Waals surface area contributed by atoms with Crippen LogP contribution in [0.5, 0.6) is 0 Å². The van der Waals surface area contributed by atoms with E-state index in [0.717, 1.165) is 12.2 Å². The van der Waals surface area contributed by atoms with Crippen molar-refractivity contribution in [2.45, 2.75) is 38.9 Å². The van der Waals surface area contributed by atoms with E-state index in [4.69, 9.17) is 9.47 Å². The van der Waals surface area contributed by atoms with E-state index in [0.29, 0.717) is 6.42 Å². The van der Waals surface area contributed by atoms with Crippen molar-refractivity contribution in [3.63, 3.8) is 0 Å². The molecule has 4 heteroatoms. The molecule has 0 saturated carbocycles. The summed E-state index contributed by atoms with van der Waals surface area (Å²) in [6.45, 7) is 5.34. The van der Waals surface area contributed by atoms with Gasteiger partial charge < -0.3 is 9.47 Å². The molecule has 1 heterocycles. The van der Waals surface area contributed by atoms with Crippen molar-refractivity contribution in [2.75, 3.05) is 0 Å². The highest BCUT2D eigenvalue weighted by Gasteiger charge is 2.27. The molecule has 0 bridgehead atoms. The van der Waals surface area contributed by atoms with Gasteiger partial charge in [-0.05, 0) is 20.8 Å². The van der Waals surface area contributed by atoms with Crippen LogP contribution in [-0.4, -0.2) is 23.6 Å². The first-order chi connectivity index (χ1) is 6.39. The monoisotopic (exact) mass is 198 g/mol. The summed E-state index contributed by atoms with van der Waals surface area (Å²) in [5, 5.41) is 0. The average molecular weight is 198 g/mol. The molecule has 0 N–H and O–H groups in total. The number of hydrogen-bond donors (Lipinski definition) is 0. The van der Waals surface area contributed by atoms with Crippen molar-refractivity contribution in [1.29, 1.82) is 0 Å². The van der Waals surface area contributed by atoms with Gasteiger partial charge in [0.2, 0.25) is 0 Å². The van der Waals surface area contributed by atoms with Crippen molar-refractivity contribution >= 4 is 11.9 Å². The zero-order valence-electron chi connectivity index (χ0n) is 8.57. The van der Waals surface area contributed by atoms with Gasteiger partial charge in [-0.1, -0.05) is 0 Å². The van der Waals surface area contributed by atoms with E-state index in [9.17, 15) is 9.59 Å². The highest BCUT2D eigenvalue weighted by molar-refractivity contribution is 5.92. The lowest BCUT2D eigenvalue weighted by Gasteiger charge is -2.26. The van der Waals surface area contributed by atoms with E-state index in [1.54, 1.807) is 20.8 Å². The highest BCUT2D eigenvalue weighted by atomic mass is 16.6. The van der Waals surface area contributed by atoms with E-state index in [2.05, 4.69) is 0 Å². The van der Waals surface area contributed by atoms with Crippen molar-refractivity contribution in [3.05, 3.63) is 12.2 Å². The largest absolute Gasteiger partial charge is 0.459 e. The predicted octanol–water partition coefficient (Wildman–Crippen LogP) is 1.20. The second kappa shape index (κ2) is 3.82. The molecule has 4 nitrogen and oxygen atoms in total. The minimum atomic E-state index is -0.606. The summed E-state index contributed by atoms with van der Waals surface area (Å²) in [7, 11) is 0. The summed E-state index contributed by atoms with van der Waals surface area (Å²) in [6, 6.07) is 0. The lowest BCUT2D eigenvalue weighted by atomic mass is 10.0. The van der Waals surface area contributed by atoms with Gasteiger partial charge in [0.25, 0.3) is 0 Å². The number of cyclic esters (lactones) is 2. The third kappa shape index (κ3) is 3.20. The van der Waals surface area contributed by atoms with Crippen molar-refractivity contribution in [2.24, 2.45) is 0 Å². The lowest BCUT2D eigenvalue weighted by Crippen LogP contribution is -2.31. The molecule has 0 aromatic heterocycles. The Balaban J connectivity index is 2.82. The van der Waals surface area contributed by atoms with Crippen LogP contribution in [0, 0.1) is 0 Å². The van der Waals surface area contributed by atoms with Crippen LogP contribution in [0.3, 0.4) is 0 Å². The summed E-state index contributed by atoms with van der Waals surface area (Å²) in [5.41, 5.74) is -0.606. The first kappa shape index (κ1) is 10.8. The first-order valence-corrected chi connectivity index (χ1v) is 4.51. The summed E-state index contributed by atoms with van der Waals surface area (Å²) in [5.74, 6) is -1.02. The van der Waals surface area contributed by atoms with Gasteiger partial charge in [0.1, 0.15) is 11.7 Å². The van der Waals surface area contributed by atoms with Crippen molar-refractivity contribution in [3.8, 4) is 0 Å². The average Bonchev–Trinajstić information content (AvgIpc) is 2.00. The molecule has 1 unspecified atom stereocenters. The van der Waals surface area contributed by atoms with Crippen LogP contribution in [0.25, 0.3) is 0 Å². The van der Waals surface area contributed by atoms with Crippen LogP contribution in [-0.2, 0) is 19.1 Å². The number of carbonyl (C=O) groups excluding carboxylic acids is 2. The zero-order chi connectivity index (χ0) is 10.8. The number of carbonyl (C=O) groups is 2. The van der Waals surface area contributed by atoms with Gasteiger partial charge in [-0.15, -0.1) is 0 Å². The van der Waals surface area contributed by atoms with E-state index in [1.165, 1.54) is 0 Å². The van der Waals surface area contributed by atoms with Gasteiger partial charge in [0.15, 0.2) is 0 Å². The maximum atomic E-state index is 11.1. The summed E-state index contributed by atoms with van der Waals surface area (Å²) in [6.07, 6.45) is 2.40. The molecule has 1 aliphatic heterocycles. The van der Waals surface area contributed by atoms with Gasteiger partial charge >= 0.3 is 11.9 Å². The maximum absolute atomic E-state index is 11.1. The molecule has 0 saturated heterocycles. The molecule has 0 amide bonds. The van der Waals surface area contributed by atoms with Gasteiger partial charge in [0, 0.05) is 18.6 Å². The third-order valence-corrected chi connectivity index (χ3v) is 1.83. The Morgan fingerprint density at radius 1 is 1.29 bits per heavy atom. The molecular formula is C10H14O4. The van der Waals surface area contributed by atoms with Crippen LogP contribution in [0.1, 0.15) is 27.2 Å². The molecule has 78 valence electrons. The van der Waals surface area contributed by atoms with E-state index in [1.807, 2.05) is 0 Å². The van der Waals surface area contributed by atoms with Crippen LogP contribution in [0.2, 0.25) is 0 Å². The molecular weight excluding hydrogens is 184 g/mol. The Morgan fingerprint density at radius 3 is 2.50 bits per heavy atom. The molecule has 0 aromatic rings. The molecule has 0 spiro atoms. The molecule has 1 aliphatic rings. The molecule has 0 aromatic carbocycles. The molecule has 0 radical (unpaired) electrons. The van der Waals surface area contributed by atoms with Crippen LogP contribution >= 0.6 is 0 Å². The summed E-state index contributed by atoms with van der Waals surface area (Å²) in [4.78, 5) is 22.2. The fourth-order valence-corrected chi connectivity index (χ4v) is 1.46. The van der Waals surface area contributed by atoms with Crippen LogP contribution in [0.4, 0.5) is 0 Å². The lowest BCUT2D eigenvalue weighted by molar-refractivity contribution is -0.154. The zero-order valence-corrected chi connectivity index (χ0v) is 8.57. The van der Waals surface area contributed by atoms with Gasteiger partial charge in [-0.2, -0.15) is 0 Å². The Kier molecular flexibility index (Phi) is 2.93. The quantitative estimate of drug-likeness (QED) is 0.549. The van der Waals surface area contributed by atoms with Crippen molar-refractivity contribution < 1.29 is 19.1 Å². The number of rotatable bonds is 0. The first-order valence-electron chi connectivity index (χ1n) is 4.51. The Labute approximate surface area is 82.9 Å². The number of esters is 2. The van der Waals surface area contributed by atoms with E-state index in [-0.39, 0.29) is 6.10 Å². The number of hydrogen-bond acceptors (Lipinski definition) is 4. The molecule has 1 rings (SSSR count). The van der Waals surface area contributed by atoms with Gasteiger partial charge in [0.05, 0.1) is 0 Å². The highest BCUT2D eigenvalue weighted by Crippen LogP contribution is 2.20. The van der Waals surface area contributed by atoms with Crippen LogP contribution in [0.15, 0.2) is 12.2 Å². The topological polar surface area (TPSA) is 52.6 Å². The molecule has 0 aliphatic carbocycles. The molecule has 0 fully saturated rings. The third-order valence-electron chi connectivity index (χ3n) is 1.83. The van der Waals surface area contributed by atoms with Crippen molar-refractivity contribution in [1.82, 2.24) is 0 Å². The van der Waals surface area contributed by atoms with E-state index < -0.39 is 17.5 Å². The van der Waals surface area contributed by atoms with Gasteiger partial charge in [-0.3, -0.25) is 0 Å². The second-order valence-electron chi connectivity index (χ2n) is 3.97.